The van der Waals surface area contributed by atoms with Gasteiger partial charge in [0.15, 0.2) is 0 Å². The molecule has 1 unspecified atom stereocenters. The van der Waals surface area contributed by atoms with Gasteiger partial charge in [0, 0.05) is 18.4 Å². The summed E-state index contributed by atoms with van der Waals surface area (Å²) < 4.78 is 10.4. The van der Waals surface area contributed by atoms with Crippen molar-refractivity contribution in [2.45, 2.75) is 32.3 Å². The van der Waals surface area contributed by atoms with Gasteiger partial charge in [-0.3, -0.25) is 0 Å². The molecule has 1 aliphatic carbocycles. The fourth-order valence-corrected chi connectivity index (χ4v) is 3.28. The van der Waals surface area contributed by atoms with E-state index in [4.69, 9.17) is 15.2 Å². The summed E-state index contributed by atoms with van der Waals surface area (Å²) in [7, 11) is 1.71. The summed E-state index contributed by atoms with van der Waals surface area (Å²) in [6.45, 7) is 2.17. The van der Waals surface area contributed by atoms with Gasteiger partial charge < -0.3 is 15.2 Å². The molecule has 0 amide bonds. The van der Waals surface area contributed by atoms with E-state index < -0.39 is 0 Å². The van der Waals surface area contributed by atoms with Crippen molar-refractivity contribution in [2.75, 3.05) is 19.5 Å². The molecule has 0 spiro atoms. The molecule has 0 saturated carbocycles. The third-order valence-corrected chi connectivity index (χ3v) is 4.34. The van der Waals surface area contributed by atoms with Gasteiger partial charge in [-0.1, -0.05) is 0 Å². The molecule has 0 radical (unpaired) electrons. The molecule has 1 aromatic rings. The molecule has 0 aromatic carbocycles. The van der Waals surface area contributed by atoms with Crippen LogP contribution in [0.1, 0.15) is 33.5 Å². The second-order valence-corrected chi connectivity index (χ2v) is 5.17. The molecule has 1 aromatic heterocycles. The number of rotatable bonds is 3. The highest BCUT2D eigenvalue weighted by Crippen LogP contribution is 2.37. The lowest BCUT2D eigenvalue weighted by Crippen LogP contribution is -2.20. The summed E-state index contributed by atoms with van der Waals surface area (Å²) >= 11 is 1.47. The number of methoxy groups -OCH3 is 1. The zero-order valence-electron chi connectivity index (χ0n) is 10.1. The maximum absolute atomic E-state index is 11.7. The average molecular weight is 255 g/mol. The quantitative estimate of drug-likeness (QED) is 0.839. The Kier molecular flexibility index (Phi) is 3.69. The monoisotopic (exact) mass is 255 g/mol. The number of nitrogen functional groups attached to an aromatic ring is 1. The number of hydrogen-bond acceptors (Lipinski definition) is 5. The minimum atomic E-state index is -0.307. The van der Waals surface area contributed by atoms with Crippen LogP contribution in [0.15, 0.2) is 0 Å². The first-order chi connectivity index (χ1) is 8.17. The first kappa shape index (κ1) is 12.4. The van der Waals surface area contributed by atoms with Crippen LogP contribution in [-0.2, 0) is 22.3 Å². The zero-order valence-corrected chi connectivity index (χ0v) is 10.9. The Morgan fingerprint density at radius 2 is 2.35 bits per heavy atom. The highest BCUT2D eigenvalue weighted by atomic mass is 32.1. The molecule has 0 bridgehead atoms. The predicted molar refractivity (Wildman–Crippen MR) is 67.5 cm³/mol. The van der Waals surface area contributed by atoms with Crippen LogP contribution in [-0.4, -0.2) is 25.8 Å². The number of aryl methyl sites for hydroxylation is 1. The van der Waals surface area contributed by atoms with Crippen molar-refractivity contribution in [1.82, 2.24) is 0 Å². The molecule has 0 aliphatic heterocycles. The average Bonchev–Trinajstić information content (AvgIpc) is 2.67. The highest BCUT2D eigenvalue weighted by molar-refractivity contribution is 7.14. The fraction of sp³-hybridized carbons (Fsp3) is 0.583. The largest absolute Gasteiger partial charge is 0.462 e. The number of ether oxygens (including phenoxy) is 2. The van der Waals surface area contributed by atoms with Crippen molar-refractivity contribution in [3.63, 3.8) is 0 Å². The molecule has 0 saturated heterocycles. The van der Waals surface area contributed by atoms with Crippen LogP contribution < -0.4 is 5.73 Å². The first-order valence-corrected chi connectivity index (χ1v) is 6.59. The molecule has 94 valence electrons. The summed E-state index contributed by atoms with van der Waals surface area (Å²) in [4.78, 5) is 13.5. The van der Waals surface area contributed by atoms with Gasteiger partial charge in [0.2, 0.25) is 0 Å². The molecule has 2 N–H and O–H groups in total. The second-order valence-electron chi connectivity index (χ2n) is 4.07. The van der Waals surface area contributed by atoms with Gasteiger partial charge in [0.1, 0.15) is 4.88 Å². The molecule has 1 heterocycles. The van der Waals surface area contributed by atoms with Crippen molar-refractivity contribution >= 4 is 23.0 Å². The number of esters is 1. The van der Waals surface area contributed by atoms with Crippen molar-refractivity contribution in [3.05, 3.63) is 15.3 Å². The molecule has 4 nitrogen and oxygen atoms in total. The Morgan fingerprint density at radius 3 is 3.00 bits per heavy atom. The molecule has 0 fully saturated rings. The first-order valence-electron chi connectivity index (χ1n) is 5.77. The lowest BCUT2D eigenvalue weighted by atomic mass is 9.95. The number of thiophene rings is 1. The molecule has 5 heteroatoms. The minimum absolute atomic E-state index is 0.217. The molecular weight excluding hydrogens is 238 g/mol. The molecule has 1 aliphatic rings. The molecule has 1 atom stereocenters. The van der Waals surface area contributed by atoms with Crippen LogP contribution in [0.2, 0.25) is 0 Å². The van der Waals surface area contributed by atoms with Crippen LogP contribution in [0.5, 0.6) is 0 Å². The topological polar surface area (TPSA) is 61.5 Å². The van der Waals surface area contributed by atoms with E-state index in [1.807, 2.05) is 0 Å². The van der Waals surface area contributed by atoms with Gasteiger partial charge in [0.05, 0.1) is 18.4 Å². The maximum atomic E-state index is 11.7. The molecular formula is C12H17NO3S. The fourth-order valence-electron chi connectivity index (χ4n) is 2.12. The lowest BCUT2D eigenvalue weighted by molar-refractivity contribution is 0.0533. The van der Waals surface area contributed by atoms with Crippen molar-refractivity contribution in [3.8, 4) is 0 Å². The predicted octanol–water partition coefficient (Wildman–Crippen LogP) is 2.01. The lowest BCUT2D eigenvalue weighted by Gasteiger charge is -2.20. The zero-order chi connectivity index (χ0) is 12.4. The van der Waals surface area contributed by atoms with Crippen molar-refractivity contribution < 1.29 is 14.3 Å². The summed E-state index contributed by atoms with van der Waals surface area (Å²) in [6.07, 6.45) is 2.94. The van der Waals surface area contributed by atoms with E-state index in [-0.39, 0.29) is 12.1 Å². The summed E-state index contributed by atoms with van der Waals surface area (Å²) in [5, 5.41) is 0. The SMILES string of the molecule is CCOC(=O)c1sc2c(c1N)CC(OC)CC2. The van der Waals surface area contributed by atoms with Gasteiger partial charge in [-0.05, 0) is 25.3 Å². The van der Waals surface area contributed by atoms with E-state index in [1.54, 1.807) is 14.0 Å². The van der Waals surface area contributed by atoms with Crippen LogP contribution in [0.25, 0.3) is 0 Å². The Morgan fingerprint density at radius 1 is 1.59 bits per heavy atom. The van der Waals surface area contributed by atoms with E-state index in [0.29, 0.717) is 17.2 Å². The van der Waals surface area contributed by atoms with Crippen molar-refractivity contribution in [1.29, 1.82) is 0 Å². The summed E-state index contributed by atoms with van der Waals surface area (Å²) in [6, 6.07) is 0. The Bertz CT molecular complexity index is 428. The van der Waals surface area contributed by atoms with E-state index in [9.17, 15) is 4.79 Å². The number of hydrogen-bond donors (Lipinski definition) is 1. The van der Waals surface area contributed by atoms with Crippen LogP contribution in [0, 0.1) is 0 Å². The van der Waals surface area contributed by atoms with Gasteiger partial charge >= 0.3 is 5.97 Å². The van der Waals surface area contributed by atoms with E-state index in [2.05, 4.69) is 0 Å². The van der Waals surface area contributed by atoms with E-state index in [0.717, 1.165) is 24.8 Å². The van der Waals surface area contributed by atoms with Crippen LogP contribution in [0.3, 0.4) is 0 Å². The third kappa shape index (κ3) is 2.30. The van der Waals surface area contributed by atoms with Crippen LogP contribution >= 0.6 is 11.3 Å². The van der Waals surface area contributed by atoms with Crippen LogP contribution in [0.4, 0.5) is 5.69 Å². The second kappa shape index (κ2) is 5.06. The maximum Gasteiger partial charge on any atom is 0.350 e. The third-order valence-electron chi connectivity index (χ3n) is 3.05. The standard InChI is InChI=1S/C12H17NO3S/c1-3-16-12(14)11-10(13)8-6-7(15-2)4-5-9(8)17-11/h7H,3-6,13H2,1-2H3. The summed E-state index contributed by atoms with van der Waals surface area (Å²) in [5.41, 5.74) is 7.69. The van der Waals surface area contributed by atoms with Gasteiger partial charge in [0.25, 0.3) is 0 Å². The van der Waals surface area contributed by atoms with Gasteiger partial charge in [-0.15, -0.1) is 11.3 Å². The number of carbonyl (C=O) groups is 1. The number of nitrogens with two attached hydrogens (primary N) is 1. The smallest absolute Gasteiger partial charge is 0.350 e. The molecule has 2 rings (SSSR count). The Balaban J connectivity index is 2.28. The van der Waals surface area contributed by atoms with Gasteiger partial charge in [-0.2, -0.15) is 0 Å². The molecule has 17 heavy (non-hydrogen) atoms. The van der Waals surface area contributed by atoms with E-state index >= 15 is 0 Å². The minimum Gasteiger partial charge on any atom is -0.462 e. The van der Waals surface area contributed by atoms with Gasteiger partial charge in [-0.25, -0.2) is 4.79 Å². The Labute approximate surface area is 105 Å². The Hall–Kier alpha value is -1.07. The van der Waals surface area contributed by atoms with E-state index in [1.165, 1.54) is 16.2 Å². The number of carbonyl (C=O) groups excluding carboxylic acids is 1. The highest BCUT2D eigenvalue weighted by Gasteiger charge is 2.27. The number of anilines is 1. The normalized spacial score (nSPS) is 18.8. The number of fused-ring (bicyclic) bond motifs is 1. The van der Waals surface area contributed by atoms with Crippen molar-refractivity contribution in [2.24, 2.45) is 0 Å². The summed E-state index contributed by atoms with van der Waals surface area (Å²) in [5.74, 6) is -0.307.